The lowest BCUT2D eigenvalue weighted by atomic mass is 9.62. The Kier molecular flexibility index (Phi) is 5.14. The van der Waals surface area contributed by atoms with Gasteiger partial charge < -0.3 is 9.84 Å². The first-order chi connectivity index (χ1) is 13.1. The molecule has 0 fully saturated rings. The molecule has 0 radical (unpaired) electrons. The molecule has 2 aromatic carbocycles. The number of methoxy groups -OCH3 is 1. The van der Waals surface area contributed by atoms with E-state index in [0.717, 1.165) is 17.5 Å². The second-order valence-corrected chi connectivity index (χ2v) is 9.13. The summed E-state index contributed by atoms with van der Waals surface area (Å²) in [6, 6.07) is 12.4. The zero-order valence-corrected chi connectivity index (χ0v) is 17.7. The monoisotopic (exact) mass is 378 g/mol. The smallest absolute Gasteiger partial charge is 0.339 e. The number of aryl methyl sites for hydroxylation is 1. The van der Waals surface area contributed by atoms with Gasteiger partial charge in [-0.15, -0.1) is 0 Å². The number of carboxylic acid groups (broad SMARTS) is 1. The third-order valence-electron chi connectivity index (χ3n) is 6.15. The van der Waals surface area contributed by atoms with Crippen molar-refractivity contribution in [1.29, 1.82) is 0 Å². The second kappa shape index (κ2) is 7.12. The van der Waals surface area contributed by atoms with Crippen molar-refractivity contribution in [2.75, 3.05) is 7.11 Å². The van der Waals surface area contributed by atoms with Crippen molar-refractivity contribution in [2.45, 2.75) is 58.3 Å². The molecule has 0 atom stereocenters. The first-order valence-corrected chi connectivity index (χ1v) is 9.79. The van der Waals surface area contributed by atoms with Gasteiger partial charge in [0.2, 0.25) is 0 Å². The highest BCUT2D eigenvalue weighted by Gasteiger charge is 2.37. The molecule has 0 aliphatic heterocycles. The molecule has 0 unspecified atom stereocenters. The van der Waals surface area contributed by atoms with Crippen molar-refractivity contribution in [3.63, 3.8) is 0 Å². The molecule has 3 nitrogen and oxygen atoms in total. The van der Waals surface area contributed by atoms with Crippen LogP contribution in [0.3, 0.4) is 0 Å². The minimum Gasteiger partial charge on any atom is -0.503 e. The summed E-state index contributed by atoms with van der Waals surface area (Å²) in [6.45, 7) is 11.4. The van der Waals surface area contributed by atoms with Crippen molar-refractivity contribution in [1.82, 2.24) is 0 Å². The first-order valence-electron chi connectivity index (χ1n) is 9.79. The molecule has 0 bridgehead atoms. The highest BCUT2D eigenvalue weighted by atomic mass is 16.5. The van der Waals surface area contributed by atoms with Crippen LogP contribution < -0.4 is 0 Å². The molecule has 1 N–H and O–H groups in total. The van der Waals surface area contributed by atoms with Gasteiger partial charge in [0.25, 0.3) is 0 Å². The van der Waals surface area contributed by atoms with Gasteiger partial charge in [0.05, 0.1) is 13.4 Å². The summed E-state index contributed by atoms with van der Waals surface area (Å²) < 4.78 is 4.97. The van der Waals surface area contributed by atoms with Crippen LogP contribution in [0.1, 0.15) is 62.8 Å². The summed E-state index contributed by atoms with van der Waals surface area (Å²) in [5, 5.41) is 9.51. The molecule has 0 spiro atoms. The number of ether oxygens (including phenoxy) is 1. The predicted molar refractivity (Wildman–Crippen MR) is 115 cm³/mol. The summed E-state index contributed by atoms with van der Waals surface area (Å²) in [4.78, 5) is 11.6. The van der Waals surface area contributed by atoms with Crippen LogP contribution in [-0.2, 0) is 20.4 Å². The SMILES string of the molecule is COC=C(C(=O)O)c1cccc(-c2cc3c(cc2C)C(C)(C)CCC3(C)C)c1. The molecule has 28 heavy (non-hydrogen) atoms. The zero-order valence-electron chi connectivity index (χ0n) is 17.7. The molecule has 1 aliphatic rings. The maximum Gasteiger partial charge on any atom is 0.339 e. The zero-order chi connectivity index (χ0) is 20.7. The predicted octanol–water partition coefficient (Wildman–Crippen LogP) is 6.08. The molecule has 1 aliphatic carbocycles. The average molecular weight is 379 g/mol. The third-order valence-corrected chi connectivity index (χ3v) is 6.15. The summed E-state index contributed by atoms with van der Waals surface area (Å²) >= 11 is 0. The van der Waals surface area contributed by atoms with Crippen LogP contribution in [0.25, 0.3) is 16.7 Å². The second-order valence-electron chi connectivity index (χ2n) is 9.13. The highest BCUT2D eigenvalue weighted by Crippen LogP contribution is 2.47. The van der Waals surface area contributed by atoms with Crippen molar-refractivity contribution in [3.8, 4) is 11.1 Å². The van der Waals surface area contributed by atoms with Crippen molar-refractivity contribution in [2.24, 2.45) is 0 Å². The van der Waals surface area contributed by atoms with Gasteiger partial charge >= 0.3 is 5.97 Å². The lowest BCUT2D eigenvalue weighted by Crippen LogP contribution is -2.34. The molecule has 3 rings (SSSR count). The van der Waals surface area contributed by atoms with E-state index < -0.39 is 5.97 Å². The molecule has 2 aromatic rings. The Balaban J connectivity index is 2.17. The van der Waals surface area contributed by atoms with Gasteiger partial charge in [0, 0.05) is 0 Å². The minimum absolute atomic E-state index is 0.132. The number of aliphatic carboxylic acids is 1. The number of fused-ring (bicyclic) bond motifs is 1. The van der Waals surface area contributed by atoms with E-state index in [2.05, 4.69) is 46.8 Å². The summed E-state index contributed by atoms with van der Waals surface area (Å²) in [6.07, 6.45) is 3.63. The molecule has 0 heterocycles. The maximum atomic E-state index is 11.6. The Labute approximate surface area is 168 Å². The summed E-state index contributed by atoms with van der Waals surface area (Å²) in [5.41, 5.74) is 7.35. The van der Waals surface area contributed by atoms with Crippen LogP contribution in [0.4, 0.5) is 0 Å². The van der Waals surface area contributed by atoms with E-state index in [0.29, 0.717) is 5.56 Å². The molecular formula is C25H30O3. The van der Waals surface area contributed by atoms with E-state index in [1.54, 1.807) is 0 Å². The van der Waals surface area contributed by atoms with Gasteiger partial charge in [-0.2, -0.15) is 0 Å². The van der Waals surface area contributed by atoms with E-state index in [4.69, 9.17) is 4.74 Å². The Morgan fingerprint density at radius 2 is 1.64 bits per heavy atom. The molecular weight excluding hydrogens is 348 g/mol. The number of benzene rings is 2. The van der Waals surface area contributed by atoms with Crippen LogP contribution in [0.5, 0.6) is 0 Å². The fourth-order valence-corrected chi connectivity index (χ4v) is 4.25. The maximum absolute atomic E-state index is 11.6. The molecule has 0 amide bonds. The fourth-order valence-electron chi connectivity index (χ4n) is 4.25. The largest absolute Gasteiger partial charge is 0.503 e. The van der Waals surface area contributed by atoms with Crippen LogP contribution in [0, 0.1) is 6.92 Å². The van der Waals surface area contributed by atoms with Crippen molar-refractivity contribution < 1.29 is 14.6 Å². The lowest BCUT2D eigenvalue weighted by Gasteiger charge is -2.42. The number of carbonyl (C=O) groups is 1. The van der Waals surface area contributed by atoms with Crippen LogP contribution in [0.2, 0.25) is 0 Å². The number of hydrogen-bond acceptors (Lipinski definition) is 2. The quantitative estimate of drug-likeness (QED) is 0.518. The van der Waals surface area contributed by atoms with Gasteiger partial charge in [-0.25, -0.2) is 4.79 Å². The van der Waals surface area contributed by atoms with Gasteiger partial charge in [0.15, 0.2) is 0 Å². The van der Waals surface area contributed by atoms with Gasteiger partial charge in [-0.1, -0.05) is 58.0 Å². The van der Waals surface area contributed by atoms with Crippen LogP contribution in [-0.4, -0.2) is 18.2 Å². The highest BCUT2D eigenvalue weighted by molar-refractivity contribution is 6.15. The molecule has 3 heteroatoms. The fraction of sp³-hybridized carbons (Fsp3) is 0.400. The Hall–Kier alpha value is -2.55. The van der Waals surface area contributed by atoms with Gasteiger partial charge in [-0.05, 0) is 70.0 Å². The molecule has 148 valence electrons. The third kappa shape index (κ3) is 3.58. The van der Waals surface area contributed by atoms with E-state index in [-0.39, 0.29) is 16.4 Å². The topological polar surface area (TPSA) is 46.5 Å². The summed E-state index contributed by atoms with van der Waals surface area (Å²) in [5.74, 6) is -0.996. The molecule has 0 aromatic heterocycles. The first kappa shape index (κ1) is 20.2. The number of carboxylic acids is 1. The van der Waals surface area contributed by atoms with E-state index >= 15 is 0 Å². The molecule has 0 saturated heterocycles. The Bertz CT molecular complexity index is 948. The van der Waals surface area contributed by atoms with E-state index in [1.165, 1.54) is 36.5 Å². The number of rotatable bonds is 4. The van der Waals surface area contributed by atoms with Gasteiger partial charge in [-0.3, -0.25) is 0 Å². The van der Waals surface area contributed by atoms with Crippen molar-refractivity contribution >= 4 is 11.5 Å². The lowest BCUT2D eigenvalue weighted by molar-refractivity contribution is -0.130. The van der Waals surface area contributed by atoms with Gasteiger partial charge in [0.1, 0.15) is 5.57 Å². The van der Waals surface area contributed by atoms with Crippen LogP contribution >= 0.6 is 0 Å². The number of hydrogen-bond donors (Lipinski definition) is 1. The average Bonchev–Trinajstić information content (AvgIpc) is 2.63. The van der Waals surface area contributed by atoms with E-state index in [1.807, 2.05) is 24.3 Å². The van der Waals surface area contributed by atoms with Crippen molar-refractivity contribution in [3.05, 3.63) is 64.9 Å². The van der Waals surface area contributed by atoms with E-state index in [9.17, 15) is 9.90 Å². The Morgan fingerprint density at radius 3 is 2.21 bits per heavy atom. The van der Waals surface area contributed by atoms with Crippen LogP contribution in [0.15, 0.2) is 42.7 Å². The normalized spacial score (nSPS) is 17.7. The molecule has 0 saturated carbocycles. The minimum atomic E-state index is -0.996. The Morgan fingerprint density at radius 1 is 1.04 bits per heavy atom. The summed E-state index contributed by atoms with van der Waals surface area (Å²) in [7, 11) is 1.46. The standard InChI is InChI=1S/C25H30O3/c1-16-12-21-22(25(4,5)11-10-24(21,2)3)14-19(16)17-8-7-9-18(13-17)20(15-28-6)23(26)27/h7-9,12-15H,10-11H2,1-6H3,(H,26,27).